The van der Waals surface area contributed by atoms with Crippen molar-refractivity contribution < 1.29 is 4.79 Å². The lowest BCUT2D eigenvalue weighted by Crippen LogP contribution is -2.25. The van der Waals surface area contributed by atoms with E-state index in [0.29, 0.717) is 15.6 Å². The molecule has 3 nitrogen and oxygen atoms in total. The van der Waals surface area contributed by atoms with Crippen molar-refractivity contribution in [3.05, 3.63) is 63.1 Å². The first-order valence-corrected chi connectivity index (χ1v) is 7.48. The van der Waals surface area contributed by atoms with Gasteiger partial charge in [0.2, 0.25) is 0 Å². The SMILES string of the molecule is O=C(Nc1cccc2c1CCNC2)c1cc(Cl)cc(Cl)c1. The summed E-state index contributed by atoms with van der Waals surface area (Å²) in [7, 11) is 0. The zero-order valence-electron chi connectivity index (χ0n) is 11.2. The second-order valence-electron chi connectivity index (χ2n) is 4.98. The van der Waals surface area contributed by atoms with Crippen LogP contribution in [0.15, 0.2) is 36.4 Å². The van der Waals surface area contributed by atoms with E-state index < -0.39 is 0 Å². The summed E-state index contributed by atoms with van der Waals surface area (Å²) in [6.45, 7) is 1.75. The largest absolute Gasteiger partial charge is 0.322 e. The first kappa shape index (κ1) is 14.4. The highest BCUT2D eigenvalue weighted by molar-refractivity contribution is 6.35. The Hall–Kier alpha value is -1.55. The number of amides is 1. The molecule has 0 aliphatic carbocycles. The summed E-state index contributed by atoms with van der Waals surface area (Å²) >= 11 is 11.9. The molecule has 5 heteroatoms. The van der Waals surface area contributed by atoms with Gasteiger partial charge in [-0.25, -0.2) is 0 Å². The fourth-order valence-corrected chi connectivity index (χ4v) is 3.05. The van der Waals surface area contributed by atoms with Crippen LogP contribution in [0.4, 0.5) is 5.69 Å². The minimum Gasteiger partial charge on any atom is -0.322 e. The Labute approximate surface area is 133 Å². The zero-order chi connectivity index (χ0) is 14.8. The van der Waals surface area contributed by atoms with Gasteiger partial charge < -0.3 is 10.6 Å². The summed E-state index contributed by atoms with van der Waals surface area (Å²) in [6, 6.07) is 10.8. The van der Waals surface area contributed by atoms with Crippen LogP contribution in [0.1, 0.15) is 21.5 Å². The van der Waals surface area contributed by atoms with E-state index in [-0.39, 0.29) is 5.91 Å². The highest BCUT2D eigenvalue weighted by atomic mass is 35.5. The van der Waals surface area contributed by atoms with Crippen LogP contribution in [0.5, 0.6) is 0 Å². The lowest BCUT2D eigenvalue weighted by Gasteiger charge is -2.20. The molecule has 2 aromatic rings. The molecule has 0 saturated heterocycles. The monoisotopic (exact) mass is 320 g/mol. The van der Waals surface area contributed by atoms with Gasteiger partial charge >= 0.3 is 0 Å². The lowest BCUT2D eigenvalue weighted by molar-refractivity contribution is 0.102. The van der Waals surface area contributed by atoms with E-state index in [9.17, 15) is 4.79 Å². The topological polar surface area (TPSA) is 41.1 Å². The van der Waals surface area contributed by atoms with Gasteiger partial charge in [-0.2, -0.15) is 0 Å². The van der Waals surface area contributed by atoms with Gasteiger partial charge in [0.25, 0.3) is 5.91 Å². The predicted octanol–water partition coefficient (Wildman–Crippen LogP) is 3.89. The molecule has 0 fully saturated rings. The minimum absolute atomic E-state index is 0.202. The average molecular weight is 321 g/mol. The molecular weight excluding hydrogens is 307 g/mol. The Balaban J connectivity index is 1.88. The number of carbonyl (C=O) groups is 1. The maximum Gasteiger partial charge on any atom is 0.255 e. The Morgan fingerprint density at radius 2 is 1.90 bits per heavy atom. The smallest absolute Gasteiger partial charge is 0.255 e. The van der Waals surface area contributed by atoms with Crippen molar-refractivity contribution in [1.29, 1.82) is 0 Å². The molecule has 0 radical (unpaired) electrons. The number of hydrogen-bond donors (Lipinski definition) is 2. The molecule has 1 heterocycles. The van der Waals surface area contributed by atoms with Gasteiger partial charge in [0.05, 0.1) is 0 Å². The van der Waals surface area contributed by atoms with Gasteiger partial charge in [-0.3, -0.25) is 4.79 Å². The molecule has 2 aromatic carbocycles. The molecule has 0 atom stereocenters. The predicted molar refractivity (Wildman–Crippen MR) is 86.3 cm³/mol. The Kier molecular flexibility index (Phi) is 4.15. The molecule has 2 N–H and O–H groups in total. The van der Waals surface area contributed by atoms with Crippen molar-refractivity contribution in [1.82, 2.24) is 5.32 Å². The maximum atomic E-state index is 12.4. The number of hydrogen-bond acceptors (Lipinski definition) is 2. The highest BCUT2D eigenvalue weighted by Crippen LogP contribution is 2.25. The molecule has 21 heavy (non-hydrogen) atoms. The number of benzene rings is 2. The average Bonchev–Trinajstić information content (AvgIpc) is 2.46. The van der Waals surface area contributed by atoms with Gasteiger partial charge in [-0.15, -0.1) is 0 Å². The van der Waals surface area contributed by atoms with Crippen molar-refractivity contribution in [2.24, 2.45) is 0 Å². The van der Waals surface area contributed by atoms with Crippen LogP contribution in [0.25, 0.3) is 0 Å². The van der Waals surface area contributed by atoms with Crippen molar-refractivity contribution in [2.45, 2.75) is 13.0 Å². The number of anilines is 1. The van der Waals surface area contributed by atoms with Crippen LogP contribution in [-0.2, 0) is 13.0 Å². The molecule has 0 aromatic heterocycles. The molecule has 0 bridgehead atoms. The molecule has 0 spiro atoms. The summed E-state index contributed by atoms with van der Waals surface area (Å²) in [5.41, 5.74) is 3.73. The van der Waals surface area contributed by atoms with Crippen LogP contribution in [0, 0.1) is 0 Å². The van der Waals surface area contributed by atoms with Gasteiger partial charge in [-0.1, -0.05) is 35.3 Å². The standard InChI is InChI=1S/C16H14Cl2N2O/c17-12-6-11(7-13(18)8-12)16(21)20-15-3-1-2-10-9-19-5-4-14(10)15/h1-3,6-8,19H,4-5,9H2,(H,20,21). The first-order chi connectivity index (χ1) is 10.1. The van der Waals surface area contributed by atoms with Gasteiger partial charge in [0.1, 0.15) is 0 Å². The van der Waals surface area contributed by atoms with E-state index in [1.165, 1.54) is 11.1 Å². The van der Waals surface area contributed by atoms with Crippen LogP contribution in [-0.4, -0.2) is 12.5 Å². The Morgan fingerprint density at radius 3 is 2.67 bits per heavy atom. The number of nitrogens with one attached hydrogen (secondary N) is 2. The maximum absolute atomic E-state index is 12.4. The molecule has 1 amide bonds. The van der Waals surface area contributed by atoms with E-state index in [1.54, 1.807) is 18.2 Å². The fraction of sp³-hybridized carbons (Fsp3) is 0.188. The summed E-state index contributed by atoms with van der Waals surface area (Å²) in [5, 5.41) is 7.18. The highest BCUT2D eigenvalue weighted by Gasteiger charge is 2.15. The van der Waals surface area contributed by atoms with Gasteiger partial charge in [0.15, 0.2) is 0 Å². The van der Waals surface area contributed by atoms with Gasteiger partial charge in [-0.05, 0) is 48.4 Å². The van der Waals surface area contributed by atoms with Crippen molar-refractivity contribution in [2.75, 3.05) is 11.9 Å². The summed E-state index contributed by atoms with van der Waals surface area (Å²) in [6.07, 6.45) is 0.905. The van der Waals surface area contributed by atoms with E-state index in [1.807, 2.05) is 12.1 Å². The molecule has 3 rings (SSSR count). The van der Waals surface area contributed by atoms with Crippen LogP contribution in [0.3, 0.4) is 0 Å². The van der Waals surface area contributed by atoms with E-state index in [0.717, 1.165) is 25.2 Å². The molecular formula is C16H14Cl2N2O. The number of carbonyl (C=O) groups excluding carboxylic acids is 1. The third-order valence-corrected chi connectivity index (χ3v) is 3.95. The normalized spacial score (nSPS) is 13.6. The summed E-state index contributed by atoms with van der Waals surface area (Å²) in [4.78, 5) is 12.4. The third kappa shape index (κ3) is 3.21. The second kappa shape index (κ2) is 6.06. The van der Waals surface area contributed by atoms with Crippen molar-refractivity contribution >= 4 is 34.8 Å². The number of rotatable bonds is 2. The van der Waals surface area contributed by atoms with Crippen molar-refractivity contribution in [3.8, 4) is 0 Å². The van der Waals surface area contributed by atoms with Gasteiger partial charge in [0, 0.05) is 27.8 Å². The molecule has 1 aliphatic heterocycles. The number of fused-ring (bicyclic) bond motifs is 1. The third-order valence-electron chi connectivity index (χ3n) is 3.51. The molecule has 0 unspecified atom stereocenters. The molecule has 1 aliphatic rings. The van der Waals surface area contributed by atoms with Crippen LogP contribution >= 0.6 is 23.2 Å². The summed E-state index contributed by atoms with van der Waals surface area (Å²) in [5.74, 6) is -0.202. The van der Waals surface area contributed by atoms with Crippen LogP contribution < -0.4 is 10.6 Å². The first-order valence-electron chi connectivity index (χ1n) is 6.72. The van der Waals surface area contributed by atoms with E-state index >= 15 is 0 Å². The minimum atomic E-state index is -0.202. The Morgan fingerprint density at radius 1 is 1.14 bits per heavy atom. The number of halogens is 2. The van der Waals surface area contributed by atoms with Crippen molar-refractivity contribution in [3.63, 3.8) is 0 Å². The quantitative estimate of drug-likeness (QED) is 0.881. The van der Waals surface area contributed by atoms with E-state index in [4.69, 9.17) is 23.2 Å². The van der Waals surface area contributed by atoms with Crippen LogP contribution in [0.2, 0.25) is 10.0 Å². The molecule has 108 valence electrons. The fourth-order valence-electron chi connectivity index (χ4n) is 2.53. The second-order valence-corrected chi connectivity index (χ2v) is 5.86. The lowest BCUT2D eigenvalue weighted by atomic mass is 9.99. The summed E-state index contributed by atoms with van der Waals surface area (Å²) < 4.78 is 0. The van der Waals surface area contributed by atoms with E-state index in [2.05, 4.69) is 16.7 Å². The zero-order valence-corrected chi connectivity index (χ0v) is 12.8. The molecule has 0 saturated carbocycles. The Bertz CT molecular complexity index is 680.